The van der Waals surface area contributed by atoms with Crippen molar-refractivity contribution in [1.82, 2.24) is 24.9 Å². The van der Waals surface area contributed by atoms with E-state index in [1.165, 1.54) is 40.7 Å². The Hall–Kier alpha value is -3.01. The molecule has 7 rings (SSSR count). The molecule has 4 heterocycles. The molecule has 8 heteroatoms. The minimum atomic E-state index is -0.297. The number of piperidine rings is 2. The monoisotopic (exact) mass is 609 g/mol. The van der Waals surface area contributed by atoms with Gasteiger partial charge in [-0.15, -0.1) is 0 Å². The highest BCUT2D eigenvalue weighted by Gasteiger charge is 2.39. The number of amides is 2. The summed E-state index contributed by atoms with van der Waals surface area (Å²) in [7, 11) is 0. The molecule has 1 N–H and O–H groups in total. The van der Waals surface area contributed by atoms with Gasteiger partial charge in [0.2, 0.25) is 11.8 Å². The number of fused-ring (bicyclic) bond motifs is 1. The highest BCUT2D eigenvalue weighted by atomic mass is 32.1. The summed E-state index contributed by atoms with van der Waals surface area (Å²) in [5, 5.41) is 2.38. The maximum absolute atomic E-state index is 12.5. The molecular formula is C36H43N5O2S. The van der Waals surface area contributed by atoms with Gasteiger partial charge in [0.05, 0.1) is 17.5 Å². The highest BCUT2D eigenvalue weighted by molar-refractivity contribution is 7.80. The molecule has 0 spiro atoms. The molecule has 3 aromatic carbocycles. The first-order valence-electron chi connectivity index (χ1n) is 16.2. The quantitative estimate of drug-likeness (QED) is 0.302. The van der Waals surface area contributed by atoms with Crippen molar-refractivity contribution in [1.29, 1.82) is 0 Å². The number of hydrogen-bond donors (Lipinski definition) is 2. The average Bonchev–Trinajstić information content (AvgIpc) is 3.38. The summed E-state index contributed by atoms with van der Waals surface area (Å²) in [5.41, 5.74) is 6.50. The smallest absolute Gasteiger partial charge is 0.243 e. The molecule has 0 aliphatic carbocycles. The molecule has 0 bridgehead atoms. The predicted octanol–water partition coefficient (Wildman–Crippen LogP) is 4.61. The van der Waals surface area contributed by atoms with Gasteiger partial charge in [-0.05, 0) is 60.2 Å². The molecule has 3 fully saturated rings. The fourth-order valence-electron chi connectivity index (χ4n) is 7.81. The van der Waals surface area contributed by atoms with E-state index in [0.29, 0.717) is 31.5 Å². The average molecular weight is 610 g/mol. The van der Waals surface area contributed by atoms with Crippen LogP contribution in [0.25, 0.3) is 0 Å². The number of carbonyl (C=O) groups is 2. The lowest BCUT2D eigenvalue weighted by Gasteiger charge is -2.45. The van der Waals surface area contributed by atoms with E-state index in [1.807, 2.05) is 0 Å². The maximum atomic E-state index is 12.5. The molecule has 7 nitrogen and oxygen atoms in total. The molecule has 3 saturated heterocycles. The molecule has 4 aliphatic rings. The van der Waals surface area contributed by atoms with Gasteiger partial charge in [-0.1, -0.05) is 78.9 Å². The Bertz CT molecular complexity index is 1410. The summed E-state index contributed by atoms with van der Waals surface area (Å²) in [6.45, 7) is 8.30. The van der Waals surface area contributed by atoms with Crippen LogP contribution in [0.5, 0.6) is 0 Å². The topological polar surface area (TPSA) is 59.1 Å². The third kappa shape index (κ3) is 6.24. The van der Waals surface area contributed by atoms with Crippen LogP contribution in [-0.2, 0) is 22.7 Å². The van der Waals surface area contributed by atoms with Crippen molar-refractivity contribution in [2.45, 2.75) is 62.3 Å². The lowest BCUT2D eigenvalue weighted by Crippen LogP contribution is -2.53. The van der Waals surface area contributed by atoms with Crippen molar-refractivity contribution >= 4 is 24.4 Å². The summed E-state index contributed by atoms with van der Waals surface area (Å²) in [5.74, 6) is -0.364. The molecule has 230 valence electrons. The Morgan fingerprint density at radius 3 is 2.09 bits per heavy atom. The first-order valence-corrected chi connectivity index (χ1v) is 16.7. The van der Waals surface area contributed by atoms with E-state index >= 15 is 0 Å². The zero-order valence-corrected chi connectivity index (χ0v) is 26.2. The highest BCUT2D eigenvalue weighted by Crippen LogP contribution is 2.40. The molecule has 2 atom stereocenters. The predicted molar refractivity (Wildman–Crippen MR) is 176 cm³/mol. The van der Waals surface area contributed by atoms with E-state index in [9.17, 15) is 9.59 Å². The Labute approximate surface area is 266 Å². The van der Waals surface area contributed by atoms with Crippen molar-refractivity contribution in [2.75, 3.05) is 39.3 Å². The third-order valence-corrected chi connectivity index (χ3v) is 10.8. The second kappa shape index (κ2) is 13.2. The van der Waals surface area contributed by atoms with Crippen molar-refractivity contribution in [2.24, 2.45) is 0 Å². The lowest BCUT2D eigenvalue weighted by molar-refractivity contribution is -0.137. The van der Waals surface area contributed by atoms with E-state index in [2.05, 4.69) is 104 Å². The minimum absolute atomic E-state index is 0.123. The Kier molecular flexibility index (Phi) is 8.87. The number of nitrogens with one attached hydrogen (secondary N) is 1. The lowest BCUT2D eigenvalue weighted by atomic mass is 9.95. The molecule has 0 saturated carbocycles. The van der Waals surface area contributed by atoms with Gasteiger partial charge in [0.25, 0.3) is 0 Å². The van der Waals surface area contributed by atoms with Crippen LogP contribution in [0.2, 0.25) is 0 Å². The van der Waals surface area contributed by atoms with Crippen LogP contribution in [-0.4, -0.2) is 82.8 Å². The van der Waals surface area contributed by atoms with Gasteiger partial charge in [-0.2, -0.15) is 12.6 Å². The van der Waals surface area contributed by atoms with Gasteiger partial charge in [-0.25, -0.2) is 0 Å². The number of benzene rings is 3. The number of thiol groups is 1. The van der Waals surface area contributed by atoms with Crippen molar-refractivity contribution in [3.8, 4) is 0 Å². The first kappa shape index (κ1) is 29.7. The second-order valence-electron chi connectivity index (χ2n) is 12.8. The van der Waals surface area contributed by atoms with Crippen LogP contribution in [0.1, 0.15) is 64.9 Å². The number of piperazine rings is 1. The van der Waals surface area contributed by atoms with Crippen molar-refractivity contribution in [3.05, 3.63) is 107 Å². The summed E-state index contributed by atoms with van der Waals surface area (Å²) >= 11 is 4.92. The van der Waals surface area contributed by atoms with Crippen molar-refractivity contribution in [3.63, 3.8) is 0 Å². The maximum Gasteiger partial charge on any atom is 0.243 e. The van der Waals surface area contributed by atoms with Gasteiger partial charge in [0.15, 0.2) is 0 Å². The van der Waals surface area contributed by atoms with Crippen LogP contribution in [0.15, 0.2) is 78.9 Å². The largest absolute Gasteiger partial charge is 0.299 e. The zero-order valence-electron chi connectivity index (χ0n) is 25.4. The summed E-state index contributed by atoms with van der Waals surface area (Å²) in [6.07, 6.45) is 3.38. The molecular weight excluding hydrogens is 566 g/mol. The number of nitrogens with zero attached hydrogens (tertiary/aromatic N) is 4. The summed E-state index contributed by atoms with van der Waals surface area (Å²) in [6, 6.07) is 29.3. The molecule has 3 aromatic rings. The molecule has 0 radical (unpaired) electrons. The fourth-order valence-corrected chi connectivity index (χ4v) is 8.30. The number of carbonyl (C=O) groups excluding carboxylic acids is 2. The Morgan fingerprint density at radius 1 is 0.795 bits per heavy atom. The van der Waals surface area contributed by atoms with Gasteiger partial charge < -0.3 is 0 Å². The fraction of sp³-hybridized carbons (Fsp3) is 0.444. The van der Waals surface area contributed by atoms with Gasteiger partial charge in [-0.3, -0.25) is 34.5 Å². The standard InChI is InChI=1S/C36H43N5O2S/c42-33-14-13-32(35(43)37-33)41-25-29-12-11-26(23-31(29)36(41)44)24-38-17-15-30(16-18-38)39-19-21-40(22-20-39)34(27-7-3-1-4-8-27)28-9-5-2-6-10-28/h1-12,23,30,32,34,36,44H,13-22,24-25H2,(H,37,42,43). The molecule has 44 heavy (non-hydrogen) atoms. The molecule has 4 aliphatic heterocycles. The Balaban J connectivity index is 0.919. The van der Waals surface area contributed by atoms with Crippen LogP contribution < -0.4 is 5.32 Å². The molecule has 2 unspecified atom stereocenters. The van der Waals surface area contributed by atoms with Crippen molar-refractivity contribution < 1.29 is 9.59 Å². The van der Waals surface area contributed by atoms with Gasteiger partial charge in [0, 0.05) is 51.7 Å². The molecule has 2 amide bonds. The second-order valence-corrected chi connectivity index (χ2v) is 13.3. The summed E-state index contributed by atoms with van der Waals surface area (Å²) < 4.78 is 0. The van der Waals surface area contributed by atoms with Crippen LogP contribution in [0, 0.1) is 0 Å². The van der Waals surface area contributed by atoms with Crippen LogP contribution >= 0.6 is 12.6 Å². The normalized spacial score (nSPS) is 24.5. The molecule has 0 aromatic heterocycles. The number of imide groups is 1. The summed E-state index contributed by atoms with van der Waals surface area (Å²) in [4.78, 5) is 34.3. The van der Waals surface area contributed by atoms with Gasteiger partial charge in [0.1, 0.15) is 0 Å². The van der Waals surface area contributed by atoms with Crippen LogP contribution in [0.3, 0.4) is 0 Å². The SMILES string of the molecule is O=C1CCC(N2Cc3ccc(CN4CCC(N5CCN(C(c6ccccc6)c6ccccc6)CC5)CC4)cc3C2S)C(=O)N1. The Morgan fingerprint density at radius 2 is 1.45 bits per heavy atom. The number of likely N-dealkylation sites (tertiary alicyclic amines) is 1. The van der Waals surface area contributed by atoms with E-state index < -0.39 is 0 Å². The third-order valence-electron chi connectivity index (χ3n) is 10.2. The first-order chi connectivity index (χ1) is 21.5. The van der Waals surface area contributed by atoms with Gasteiger partial charge >= 0.3 is 0 Å². The van der Waals surface area contributed by atoms with Crippen LogP contribution in [0.4, 0.5) is 0 Å². The van der Waals surface area contributed by atoms with E-state index in [0.717, 1.165) is 45.8 Å². The zero-order chi connectivity index (χ0) is 30.0. The number of rotatable bonds is 7. The van der Waals surface area contributed by atoms with E-state index in [-0.39, 0.29) is 23.2 Å². The minimum Gasteiger partial charge on any atom is -0.299 e. The van der Waals surface area contributed by atoms with E-state index in [1.54, 1.807) is 0 Å². The van der Waals surface area contributed by atoms with E-state index in [4.69, 9.17) is 12.6 Å². The number of hydrogen-bond acceptors (Lipinski definition) is 7.